The normalized spacial score (nSPS) is 51.8. The van der Waals surface area contributed by atoms with Gasteiger partial charge >= 0.3 is 5.97 Å². The molecule has 0 amide bonds. The van der Waals surface area contributed by atoms with Crippen molar-refractivity contribution in [3.8, 4) is 0 Å². The molecule has 0 aromatic rings. The second kappa shape index (κ2) is 5.82. The van der Waals surface area contributed by atoms with Gasteiger partial charge in [-0.1, -0.05) is 25.5 Å². The number of aliphatic hydroxyl groups is 2. The van der Waals surface area contributed by atoms with Crippen molar-refractivity contribution in [3.63, 3.8) is 0 Å². The molecule has 4 aliphatic carbocycles. The Morgan fingerprint density at radius 1 is 1.20 bits per heavy atom. The van der Waals surface area contributed by atoms with Crippen LogP contribution in [0.4, 0.5) is 0 Å². The Bertz CT molecular complexity index is 599. The summed E-state index contributed by atoms with van der Waals surface area (Å²) in [5.74, 6) is 1.34. The number of esters is 1. The average molecular weight is 348 g/mol. The number of hydrogen-bond acceptors (Lipinski definition) is 4. The van der Waals surface area contributed by atoms with E-state index in [9.17, 15) is 15.0 Å². The van der Waals surface area contributed by atoms with Crippen molar-refractivity contribution in [3.05, 3.63) is 11.6 Å². The number of hydrogen-bond donors (Lipinski definition) is 2. The average Bonchev–Trinajstić information content (AvgIpc) is 2.84. The predicted octanol–water partition coefficient (Wildman–Crippen LogP) is 3.21. The quantitative estimate of drug-likeness (QED) is 0.564. The maximum Gasteiger partial charge on any atom is 0.302 e. The lowest BCUT2D eigenvalue weighted by atomic mass is 9.47. The van der Waals surface area contributed by atoms with E-state index < -0.39 is 6.10 Å². The van der Waals surface area contributed by atoms with Crippen LogP contribution in [0.3, 0.4) is 0 Å². The monoisotopic (exact) mass is 348 g/mol. The number of fused-ring (bicyclic) bond motifs is 5. The van der Waals surface area contributed by atoms with Crippen LogP contribution in [-0.4, -0.2) is 34.5 Å². The van der Waals surface area contributed by atoms with E-state index in [2.05, 4.69) is 19.9 Å². The van der Waals surface area contributed by atoms with Crippen LogP contribution in [0.15, 0.2) is 11.6 Å². The van der Waals surface area contributed by atoms with Gasteiger partial charge in [0.2, 0.25) is 0 Å². The molecule has 0 aromatic heterocycles. The molecular weight excluding hydrogens is 316 g/mol. The maximum absolute atomic E-state index is 11.7. The lowest BCUT2D eigenvalue weighted by Gasteiger charge is -2.59. The summed E-state index contributed by atoms with van der Waals surface area (Å²) in [7, 11) is 0. The number of allylic oxidation sites excluding steroid dienone is 1. The Hall–Kier alpha value is -0.870. The van der Waals surface area contributed by atoms with E-state index in [4.69, 9.17) is 4.74 Å². The van der Waals surface area contributed by atoms with E-state index in [1.807, 2.05) is 0 Å². The molecule has 0 spiro atoms. The molecule has 0 aliphatic heterocycles. The van der Waals surface area contributed by atoms with Gasteiger partial charge in [0, 0.05) is 18.8 Å². The first-order valence-corrected chi connectivity index (χ1v) is 9.99. The minimum atomic E-state index is -0.414. The lowest BCUT2D eigenvalue weighted by molar-refractivity contribution is -0.167. The molecule has 4 aliphatic rings. The molecule has 0 radical (unpaired) electrons. The fourth-order valence-corrected chi connectivity index (χ4v) is 7.02. The Balaban J connectivity index is 1.71. The molecule has 2 N–H and O–H groups in total. The van der Waals surface area contributed by atoms with E-state index in [0.29, 0.717) is 30.6 Å². The summed E-state index contributed by atoms with van der Waals surface area (Å²) in [6, 6.07) is 0. The Morgan fingerprint density at radius 2 is 1.96 bits per heavy atom. The molecule has 4 rings (SSSR count). The minimum absolute atomic E-state index is 0.0496. The van der Waals surface area contributed by atoms with E-state index in [-0.39, 0.29) is 29.0 Å². The van der Waals surface area contributed by atoms with Crippen molar-refractivity contribution >= 4 is 5.97 Å². The minimum Gasteiger partial charge on any atom is -0.462 e. The molecule has 25 heavy (non-hydrogen) atoms. The highest BCUT2D eigenvalue weighted by Crippen LogP contribution is 2.65. The number of carbonyl (C=O) groups excluding carboxylic acids is 1. The third-order valence-electron chi connectivity index (χ3n) is 8.40. The number of ether oxygens (including phenoxy) is 1. The zero-order valence-electron chi connectivity index (χ0n) is 15.7. The first kappa shape index (κ1) is 17.5. The Labute approximate surface area is 150 Å². The molecule has 2 unspecified atom stereocenters. The third kappa shape index (κ3) is 2.43. The number of aliphatic hydroxyl groups excluding tert-OH is 2. The summed E-state index contributed by atoms with van der Waals surface area (Å²) in [4.78, 5) is 11.7. The first-order valence-electron chi connectivity index (χ1n) is 9.99. The van der Waals surface area contributed by atoms with Crippen LogP contribution in [0, 0.1) is 28.6 Å². The van der Waals surface area contributed by atoms with Gasteiger partial charge in [0.25, 0.3) is 0 Å². The van der Waals surface area contributed by atoms with Crippen LogP contribution in [0.1, 0.15) is 65.7 Å². The topological polar surface area (TPSA) is 66.8 Å². The molecule has 0 saturated heterocycles. The second-order valence-electron chi connectivity index (χ2n) is 9.45. The van der Waals surface area contributed by atoms with Crippen LogP contribution in [0.25, 0.3) is 0 Å². The fraction of sp³-hybridized carbons (Fsp3) is 0.857. The van der Waals surface area contributed by atoms with Gasteiger partial charge in [-0.3, -0.25) is 4.79 Å². The number of rotatable bonds is 1. The molecule has 4 heteroatoms. The molecule has 0 heterocycles. The van der Waals surface area contributed by atoms with Crippen molar-refractivity contribution < 1.29 is 19.7 Å². The van der Waals surface area contributed by atoms with Gasteiger partial charge < -0.3 is 14.9 Å². The van der Waals surface area contributed by atoms with Gasteiger partial charge in [0.1, 0.15) is 6.10 Å². The first-order chi connectivity index (χ1) is 11.8. The highest BCUT2D eigenvalue weighted by molar-refractivity contribution is 5.66. The molecule has 0 bridgehead atoms. The maximum atomic E-state index is 11.7. The van der Waals surface area contributed by atoms with Crippen LogP contribution in [0.5, 0.6) is 0 Å². The fourth-order valence-electron chi connectivity index (χ4n) is 7.02. The van der Waals surface area contributed by atoms with Gasteiger partial charge in [-0.25, -0.2) is 0 Å². The van der Waals surface area contributed by atoms with E-state index in [0.717, 1.165) is 32.1 Å². The van der Waals surface area contributed by atoms with Crippen molar-refractivity contribution in [2.75, 3.05) is 0 Å². The lowest BCUT2D eigenvalue weighted by Crippen LogP contribution is -2.56. The largest absolute Gasteiger partial charge is 0.462 e. The van der Waals surface area contributed by atoms with Gasteiger partial charge in [-0.15, -0.1) is 0 Å². The summed E-state index contributed by atoms with van der Waals surface area (Å²) >= 11 is 0. The zero-order valence-corrected chi connectivity index (χ0v) is 15.7. The molecule has 140 valence electrons. The van der Waals surface area contributed by atoms with E-state index in [1.165, 1.54) is 12.5 Å². The highest BCUT2D eigenvalue weighted by Gasteiger charge is 2.61. The highest BCUT2D eigenvalue weighted by atomic mass is 16.5. The number of carbonyl (C=O) groups is 1. The standard InChI is InChI=1S/C21H32O4/c1-12(22)25-19-11-14(23)10-13-4-5-15-16-6-7-18(24)20(16,2)9-8-17(15)21(13,19)3/h4,14-19,23-24H,5-11H2,1-3H3/t14?,15-,16-,17-,18-,19?,20-,21-/m0/s1. The van der Waals surface area contributed by atoms with Crippen molar-refractivity contribution in [1.82, 2.24) is 0 Å². The molecular formula is C21H32O4. The predicted molar refractivity (Wildman–Crippen MR) is 94.7 cm³/mol. The summed E-state index contributed by atoms with van der Waals surface area (Å²) in [6.07, 6.45) is 7.97. The van der Waals surface area contributed by atoms with Gasteiger partial charge in [0.15, 0.2) is 0 Å². The van der Waals surface area contributed by atoms with Crippen LogP contribution in [-0.2, 0) is 9.53 Å². The van der Waals surface area contributed by atoms with Crippen LogP contribution < -0.4 is 0 Å². The Morgan fingerprint density at radius 3 is 2.68 bits per heavy atom. The van der Waals surface area contributed by atoms with Gasteiger partial charge in [-0.2, -0.15) is 0 Å². The van der Waals surface area contributed by atoms with Crippen molar-refractivity contribution in [2.24, 2.45) is 28.6 Å². The molecule has 0 aromatic carbocycles. The zero-order chi connectivity index (χ0) is 18.0. The van der Waals surface area contributed by atoms with Gasteiger partial charge in [-0.05, 0) is 61.7 Å². The van der Waals surface area contributed by atoms with Crippen molar-refractivity contribution in [1.29, 1.82) is 0 Å². The summed E-state index contributed by atoms with van der Waals surface area (Å²) in [5, 5.41) is 20.9. The Kier molecular flexibility index (Phi) is 4.08. The molecule has 8 atom stereocenters. The van der Waals surface area contributed by atoms with E-state index >= 15 is 0 Å². The third-order valence-corrected chi connectivity index (χ3v) is 8.40. The smallest absolute Gasteiger partial charge is 0.302 e. The van der Waals surface area contributed by atoms with Crippen molar-refractivity contribution in [2.45, 2.75) is 84.0 Å². The summed E-state index contributed by atoms with van der Waals surface area (Å²) in [5.41, 5.74) is 1.18. The molecule has 3 fully saturated rings. The van der Waals surface area contributed by atoms with E-state index in [1.54, 1.807) is 0 Å². The SMILES string of the molecule is CC(=O)OC1CC(O)CC2=CC[C@H]3[C@@H]4CC[C@H](O)[C@@]4(C)CC[C@@H]3[C@]21C. The summed E-state index contributed by atoms with van der Waals surface area (Å²) < 4.78 is 5.75. The molecule has 4 nitrogen and oxygen atoms in total. The van der Waals surface area contributed by atoms with Crippen LogP contribution in [0.2, 0.25) is 0 Å². The van der Waals surface area contributed by atoms with Gasteiger partial charge in [0.05, 0.1) is 12.2 Å². The molecule has 3 saturated carbocycles. The summed E-state index contributed by atoms with van der Waals surface area (Å²) in [6.45, 7) is 6.02. The van der Waals surface area contributed by atoms with Crippen LogP contribution >= 0.6 is 0 Å². The second-order valence-corrected chi connectivity index (χ2v) is 9.45.